The number of anilines is 2. The molecule has 5 N–H and O–H groups in total. The fourth-order valence-corrected chi connectivity index (χ4v) is 7.67. The highest BCUT2D eigenvalue weighted by atomic mass is 19.4. The Kier molecular flexibility index (Phi) is 16.4. The molecule has 1 fully saturated rings. The summed E-state index contributed by atoms with van der Waals surface area (Å²) in [7, 11) is 5.44. The maximum atomic E-state index is 13.4. The summed E-state index contributed by atoms with van der Waals surface area (Å²) < 4.78 is 54.0. The number of imidazole rings is 1. The van der Waals surface area contributed by atoms with Crippen molar-refractivity contribution in [1.82, 2.24) is 49.7 Å². The van der Waals surface area contributed by atoms with Gasteiger partial charge in [0.15, 0.2) is 11.4 Å². The number of fused-ring (bicyclic) bond motifs is 1. The molecule has 4 aromatic heterocycles. The smallest absolute Gasteiger partial charge is 0.405 e. The number of unbranched alkanes of at least 4 members (excludes halogenated alkanes) is 2. The van der Waals surface area contributed by atoms with E-state index >= 15 is 0 Å². The van der Waals surface area contributed by atoms with Gasteiger partial charge in [-0.05, 0) is 107 Å². The number of aromatic nitrogens is 6. The number of pyridine rings is 1. The standard InChI is InChI=1S/C47H55F3N12O7/c1-59(2)21-20-53-44(66)41-34(55-42(64)35-28-69-45(56-35)32-17-19-52-39(25-32)54-29-47(48,49)50)27-61(58-41)33-12-9-31(10-13-33)26-51-18-5-7-23-68-22-6-4-8-30-11-14-36-38(24-30)60(3)46(67)62(36)37-15-16-40(63)57-43(37)65/h9-14,17,19,24-25,27-28,37,51H,4-8,15-16,18,20-23,26,29H2,1-3H3,(H,52,54)(H,53,66)(H,55,64)(H,57,63,65). The fraction of sp³-hybridized carbons (Fsp3) is 0.404. The van der Waals surface area contributed by atoms with Crippen molar-refractivity contribution in [2.75, 3.05) is 64.1 Å². The zero-order chi connectivity index (χ0) is 49.1. The van der Waals surface area contributed by atoms with Crippen molar-refractivity contribution in [2.24, 2.45) is 7.05 Å². The summed E-state index contributed by atoms with van der Waals surface area (Å²) in [5.74, 6) is -2.05. The van der Waals surface area contributed by atoms with Crippen LogP contribution in [0.5, 0.6) is 0 Å². The number of oxazole rings is 1. The Morgan fingerprint density at radius 2 is 1.71 bits per heavy atom. The molecule has 0 bridgehead atoms. The molecule has 0 aliphatic carbocycles. The van der Waals surface area contributed by atoms with Gasteiger partial charge in [0, 0.05) is 58.1 Å². The number of likely N-dealkylation sites (N-methyl/N-ethyl adjacent to an activating group) is 1. The van der Waals surface area contributed by atoms with Crippen molar-refractivity contribution < 1.29 is 41.5 Å². The van der Waals surface area contributed by atoms with Crippen molar-refractivity contribution in [3.8, 4) is 17.1 Å². The molecule has 1 saturated heterocycles. The monoisotopic (exact) mass is 956 g/mol. The first kappa shape index (κ1) is 49.7. The lowest BCUT2D eigenvalue weighted by atomic mass is 10.0. The first-order valence-electron chi connectivity index (χ1n) is 22.6. The minimum atomic E-state index is -4.44. The van der Waals surface area contributed by atoms with E-state index in [1.54, 1.807) is 11.6 Å². The van der Waals surface area contributed by atoms with E-state index in [2.05, 4.69) is 41.7 Å². The Bertz CT molecular complexity index is 2810. The summed E-state index contributed by atoms with van der Waals surface area (Å²) in [4.78, 5) is 73.9. The average molecular weight is 957 g/mol. The summed E-state index contributed by atoms with van der Waals surface area (Å²) in [6.45, 7) is 2.36. The van der Waals surface area contributed by atoms with Crippen LogP contribution in [0, 0.1) is 0 Å². The molecule has 0 spiro atoms. The molecule has 2 aromatic carbocycles. The number of halogens is 3. The van der Waals surface area contributed by atoms with Crippen LogP contribution in [0.2, 0.25) is 0 Å². The fourth-order valence-electron chi connectivity index (χ4n) is 7.67. The molecular formula is C47H55F3N12O7. The van der Waals surface area contributed by atoms with Crippen LogP contribution in [-0.2, 0) is 34.3 Å². The number of hydrogen-bond acceptors (Lipinski definition) is 13. The normalized spacial score (nSPS) is 14.1. The Balaban J connectivity index is 0.841. The largest absolute Gasteiger partial charge is 0.444 e. The van der Waals surface area contributed by atoms with Crippen molar-refractivity contribution >= 4 is 46.2 Å². The molecule has 1 atom stereocenters. The number of hydrogen-bond donors (Lipinski definition) is 5. The van der Waals surface area contributed by atoms with Gasteiger partial charge in [0.2, 0.25) is 17.7 Å². The highest BCUT2D eigenvalue weighted by Gasteiger charge is 2.31. The molecule has 366 valence electrons. The van der Waals surface area contributed by atoms with Gasteiger partial charge in [0.1, 0.15) is 24.7 Å². The number of amides is 4. The third-order valence-corrected chi connectivity index (χ3v) is 11.3. The van der Waals surface area contributed by atoms with Crippen LogP contribution >= 0.6 is 0 Å². The van der Waals surface area contributed by atoms with E-state index in [4.69, 9.17) is 9.15 Å². The summed E-state index contributed by atoms with van der Waals surface area (Å²) in [5.41, 5.74) is 4.16. The van der Waals surface area contributed by atoms with E-state index in [9.17, 15) is 37.1 Å². The number of benzene rings is 2. The summed E-state index contributed by atoms with van der Waals surface area (Å²) in [6.07, 6.45) is 4.43. The zero-order valence-corrected chi connectivity index (χ0v) is 38.5. The van der Waals surface area contributed by atoms with Gasteiger partial charge >= 0.3 is 11.9 Å². The van der Waals surface area contributed by atoms with E-state index in [0.717, 1.165) is 61.6 Å². The Morgan fingerprint density at radius 1 is 0.942 bits per heavy atom. The first-order chi connectivity index (χ1) is 33.1. The summed E-state index contributed by atoms with van der Waals surface area (Å²) >= 11 is 0. The molecule has 6 aromatic rings. The number of imide groups is 1. The SMILES string of the molecule is CN(C)CCNC(=O)c1nn(-c2ccc(CNCCCCOCCCCc3ccc4c(c3)n(C)c(=O)n4C3CCC(=O)NC3=O)cc2)cc1NC(=O)c1coc(-c2ccnc(NCC(F)(F)F)c2)n1. The van der Waals surface area contributed by atoms with Gasteiger partial charge < -0.3 is 35.3 Å². The number of carbonyl (C=O) groups excluding carboxylic acids is 4. The molecular weight excluding hydrogens is 902 g/mol. The van der Waals surface area contributed by atoms with E-state index in [-0.39, 0.29) is 46.8 Å². The Labute approximate surface area is 394 Å². The maximum absolute atomic E-state index is 13.4. The third-order valence-electron chi connectivity index (χ3n) is 11.3. The highest BCUT2D eigenvalue weighted by molar-refractivity contribution is 6.07. The van der Waals surface area contributed by atoms with Crippen LogP contribution in [0.1, 0.15) is 76.7 Å². The number of piperidine rings is 1. The minimum absolute atomic E-state index is 0.0226. The quantitative estimate of drug-likeness (QED) is 0.0423. The molecule has 5 heterocycles. The van der Waals surface area contributed by atoms with E-state index < -0.39 is 36.5 Å². The molecule has 1 aliphatic heterocycles. The lowest BCUT2D eigenvalue weighted by Gasteiger charge is -2.21. The van der Waals surface area contributed by atoms with Gasteiger partial charge in [-0.2, -0.15) is 18.3 Å². The van der Waals surface area contributed by atoms with Crippen LogP contribution < -0.4 is 32.3 Å². The maximum Gasteiger partial charge on any atom is 0.405 e. The number of ether oxygens (including phenoxy) is 1. The lowest BCUT2D eigenvalue weighted by Crippen LogP contribution is -2.44. The van der Waals surface area contributed by atoms with Crippen LogP contribution in [0.15, 0.2) is 82.5 Å². The van der Waals surface area contributed by atoms with Crippen molar-refractivity contribution in [3.63, 3.8) is 0 Å². The molecule has 0 saturated carbocycles. The number of carbonyl (C=O) groups is 4. The van der Waals surface area contributed by atoms with Gasteiger partial charge in [-0.3, -0.25) is 33.6 Å². The second-order valence-electron chi connectivity index (χ2n) is 16.9. The molecule has 4 amide bonds. The molecule has 7 rings (SSSR count). The number of alkyl halides is 3. The van der Waals surface area contributed by atoms with Gasteiger partial charge in [0.05, 0.1) is 28.6 Å². The average Bonchev–Trinajstić information content (AvgIpc) is 4.05. The Morgan fingerprint density at radius 3 is 2.46 bits per heavy atom. The third kappa shape index (κ3) is 13.3. The van der Waals surface area contributed by atoms with Gasteiger partial charge in [0.25, 0.3) is 11.8 Å². The second-order valence-corrected chi connectivity index (χ2v) is 16.9. The molecule has 1 unspecified atom stereocenters. The van der Waals surface area contributed by atoms with Gasteiger partial charge in [-0.15, -0.1) is 0 Å². The van der Waals surface area contributed by atoms with Crippen LogP contribution in [-0.4, -0.2) is 117 Å². The van der Waals surface area contributed by atoms with Crippen molar-refractivity contribution in [1.29, 1.82) is 0 Å². The van der Waals surface area contributed by atoms with Gasteiger partial charge in [-0.1, -0.05) is 18.2 Å². The number of rotatable bonds is 23. The lowest BCUT2D eigenvalue weighted by molar-refractivity contribution is -0.135. The van der Waals surface area contributed by atoms with E-state index in [1.807, 2.05) is 61.5 Å². The van der Waals surface area contributed by atoms with E-state index in [0.29, 0.717) is 56.0 Å². The predicted molar refractivity (Wildman–Crippen MR) is 250 cm³/mol. The first-order valence-corrected chi connectivity index (χ1v) is 22.6. The van der Waals surface area contributed by atoms with Crippen LogP contribution in [0.25, 0.3) is 28.2 Å². The topological polar surface area (TPSA) is 225 Å². The van der Waals surface area contributed by atoms with Crippen LogP contribution in [0.4, 0.5) is 24.7 Å². The van der Waals surface area contributed by atoms with Gasteiger partial charge in [-0.25, -0.2) is 19.4 Å². The summed E-state index contributed by atoms with van der Waals surface area (Å²) in [5, 5.41) is 18.0. The minimum Gasteiger partial charge on any atom is -0.444 e. The highest BCUT2D eigenvalue weighted by Crippen LogP contribution is 2.26. The number of nitrogens with zero attached hydrogens (tertiary/aromatic N) is 7. The molecule has 1 aliphatic rings. The second kappa shape index (κ2) is 22.8. The van der Waals surface area contributed by atoms with Crippen molar-refractivity contribution in [3.05, 3.63) is 106 Å². The van der Waals surface area contributed by atoms with Crippen molar-refractivity contribution in [2.45, 2.75) is 63.7 Å². The molecule has 0 radical (unpaired) electrons. The summed E-state index contributed by atoms with van der Waals surface area (Å²) in [6, 6.07) is 15.5. The molecule has 19 nitrogen and oxygen atoms in total. The molecule has 69 heavy (non-hydrogen) atoms. The molecule has 22 heteroatoms. The predicted octanol–water partition coefficient (Wildman–Crippen LogP) is 4.98. The van der Waals surface area contributed by atoms with E-state index in [1.165, 1.54) is 33.8 Å². The number of aryl methyl sites for hydroxylation is 2. The van der Waals surface area contributed by atoms with Crippen LogP contribution in [0.3, 0.4) is 0 Å². The Hall–Kier alpha value is -7.17. The zero-order valence-electron chi connectivity index (χ0n) is 38.5. The number of nitrogens with one attached hydrogen (secondary N) is 5.